The molecule has 0 aromatic heterocycles. The molecule has 0 saturated heterocycles. The van der Waals surface area contributed by atoms with Gasteiger partial charge in [-0.25, -0.2) is 0 Å². The van der Waals surface area contributed by atoms with E-state index in [0.29, 0.717) is 0 Å². The number of unbranched alkanes of at least 4 members (excludes halogenated alkanes) is 6. The minimum absolute atomic E-state index is 0.968. The summed E-state index contributed by atoms with van der Waals surface area (Å²) in [6, 6.07) is 0. The van der Waals surface area contributed by atoms with Gasteiger partial charge in [-0.2, -0.15) is 0 Å². The van der Waals surface area contributed by atoms with Gasteiger partial charge in [-0.15, -0.1) is 11.8 Å². The van der Waals surface area contributed by atoms with Crippen LogP contribution >= 0.6 is 0 Å². The van der Waals surface area contributed by atoms with Crippen molar-refractivity contribution in [1.82, 2.24) is 0 Å². The van der Waals surface area contributed by atoms with Gasteiger partial charge >= 0.3 is 0 Å². The monoisotopic (exact) mass is 250 g/mol. The standard InChI is InChI=1S/C16H30Si/c1-5-6-7-8-9-10-11-12-13-14-15-16-17(2,3)4/h15-16H,5-9,12-14H2,1-4H3/b16-15-. The second-order valence-corrected chi connectivity index (χ2v) is 10.9. The van der Waals surface area contributed by atoms with Crippen molar-refractivity contribution in [3.8, 4) is 11.8 Å². The summed E-state index contributed by atoms with van der Waals surface area (Å²) in [6.07, 6.45) is 12.3. The molecule has 17 heavy (non-hydrogen) atoms. The molecule has 0 aromatic rings. The number of hydrogen-bond acceptors (Lipinski definition) is 0. The van der Waals surface area contributed by atoms with E-state index in [1.165, 1.54) is 38.5 Å². The number of rotatable bonds is 8. The van der Waals surface area contributed by atoms with Crippen molar-refractivity contribution in [3.05, 3.63) is 11.8 Å². The molecule has 0 amide bonds. The molecule has 98 valence electrons. The van der Waals surface area contributed by atoms with Gasteiger partial charge in [0.1, 0.15) is 0 Å². The van der Waals surface area contributed by atoms with Crippen LogP contribution in [0.2, 0.25) is 19.6 Å². The van der Waals surface area contributed by atoms with Gasteiger partial charge in [0, 0.05) is 12.8 Å². The van der Waals surface area contributed by atoms with E-state index in [2.05, 4.69) is 50.2 Å². The van der Waals surface area contributed by atoms with Crippen molar-refractivity contribution in [2.24, 2.45) is 0 Å². The van der Waals surface area contributed by atoms with E-state index >= 15 is 0 Å². The number of hydrogen-bond donors (Lipinski definition) is 0. The molecule has 0 atom stereocenters. The molecule has 0 aliphatic carbocycles. The lowest BCUT2D eigenvalue weighted by atomic mass is 10.1. The van der Waals surface area contributed by atoms with Crippen LogP contribution in [0.3, 0.4) is 0 Å². The van der Waals surface area contributed by atoms with Gasteiger partial charge in [-0.1, -0.05) is 57.6 Å². The molecule has 0 aliphatic heterocycles. The van der Waals surface area contributed by atoms with E-state index in [1.54, 1.807) is 0 Å². The maximum atomic E-state index is 3.29. The molecule has 0 bridgehead atoms. The molecule has 0 heterocycles. The summed E-state index contributed by atoms with van der Waals surface area (Å²) < 4.78 is 0. The van der Waals surface area contributed by atoms with Crippen LogP contribution in [-0.2, 0) is 0 Å². The van der Waals surface area contributed by atoms with E-state index in [1.807, 2.05) is 0 Å². The molecule has 0 N–H and O–H groups in total. The van der Waals surface area contributed by atoms with Crippen LogP contribution in [0.4, 0.5) is 0 Å². The van der Waals surface area contributed by atoms with E-state index < -0.39 is 8.07 Å². The average Bonchev–Trinajstić information content (AvgIpc) is 2.24. The smallest absolute Gasteiger partial charge is 0.0682 e. The summed E-state index contributed by atoms with van der Waals surface area (Å²) in [5.41, 5.74) is 2.44. The molecule has 0 unspecified atom stereocenters. The topological polar surface area (TPSA) is 0 Å². The molecule has 0 aromatic carbocycles. The highest BCUT2D eigenvalue weighted by Crippen LogP contribution is 2.05. The maximum absolute atomic E-state index is 3.29. The van der Waals surface area contributed by atoms with Crippen molar-refractivity contribution in [3.63, 3.8) is 0 Å². The fourth-order valence-electron chi connectivity index (χ4n) is 1.56. The molecule has 0 spiro atoms. The average molecular weight is 251 g/mol. The Morgan fingerprint density at radius 3 is 2.12 bits per heavy atom. The Bertz CT molecular complexity index is 247. The van der Waals surface area contributed by atoms with E-state index in [9.17, 15) is 0 Å². The molecule has 0 nitrogen and oxygen atoms in total. The second kappa shape index (κ2) is 10.7. The zero-order chi connectivity index (χ0) is 13.0. The summed E-state index contributed by atoms with van der Waals surface area (Å²) in [5, 5.41) is 0. The highest BCUT2D eigenvalue weighted by molar-refractivity contribution is 6.80. The van der Waals surface area contributed by atoms with Crippen LogP contribution in [0.15, 0.2) is 11.8 Å². The summed E-state index contributed by atoms with van der Waals surface area (Å²) >= 11 is 0. The first-order valence-electron chi connectivity index (χ1n) is 7.19. The molecule has 0 aliphatic rings. The van der Waals surface area contributed by atoms with Gasteiger partial charge in [0.15, 0.2) is 0 Å². The SMILES string of the molecule is CCCCCCC#CCCC/C=C\[Si](C)(C)C. The normalized spacial score (nSPS) is 11.5. The molecule has 0 radical (unpaired) electrons. The summed E-state index contributed by atoms with van der Waals surface area (Å²) in [4.78, 5) is 0. The Morgan fingerprint density at radius 2 is 1.53 bits per heavy atom. The molecular weight excluding hydrogens is 220 g/mol. The minimum atomic E-state index is -0.968. The second-order valence-electron chi connectivity index (χ2n) is 5.82. The molecule has 0 saturated carbocycles. The molecule has 1 heteroatoms. The lowest BCUT2D eigenvalue weighted by Crippen LogP contribution is -2.15. The fraction of sp³-hybridized carbons (Fsp3) is 0.750. The lowest BCUT2D eigenvalue weighted by molar-refractivity contribution is 0.679. The van der Waals surface area contributed by atoms with E-state index in [0.717, 1.165) is 12.8 Å². The van der Waals surface area contributed by atoms with Crippen LogP contribution in [0.1, 0.15) is 58.3 Å². The van der Waals surface area contributed by atoms with Gasteiger partial charge in [-0.3, -0.25) is 0 Å². The van der Waals surface area contributed by atoms with Gasteiger partial charge in [0.2, 0.25) is 0 Å². The summed E-state index contributed by atoms with van der Waals surface area (Å²) in [7, 11) is -0.968. The fourth-order valence-corrected chi connectivity index (χ4v) is 2.44. The molecular formula is C16H30Si. The van der Waals surface area contributed by atoms with Gasteiger partial charge in [0.05, 0.1) is 8.07 Å². The highest BCUT2D eigenvalue weighted by atomic mass is 28.3. The first kappa shape index (κ1) is 16.5. The Labute approximate surface area is 110 Å². The Balaban J connectivity index is 3.34. The van der Waals surface area contributed by atoms with Gasteiger partial charge < -0.3 is 0 Å². The molecule has 0 fully saturated rings. The summed E-state index contributed by atoms with van der Waals surface area (Å²) in [6.45, 7) is 9.37. The van der Waals surface area contributed by atoms with Crippen LogP contribution < -0.4 is 0 Å². The third-order valence-corrected chi connectivity index (χ3v) is 3.81. The lowest BCUT2D eigenvalue weighted by Gasteiger charge is -2.07. The quantitative estimate of drug-likeness (QED) is 0.300. The predicted molar refractivity (Wildman–Crippen MR) is 82.9 cm³/mol. The predicted octanol–water partition coefficient (Wildman–Crippen LogP) is 5.56. The summed E-state index contributed by atoms with van der Waals surface area (Å²) in [5.74, 6) is 6.57. The van der Waals surface area contributed by atoms with Crippen molar-refractivity contribution in [2.45, 2.75) is 77.9 Å². The van der Waals surface area contributed by atoms with Crippen LogP contribution in [-0.4, -0.2) is 8.07 Å². The van der Waals surface area contributed by atoms with Gasteiger partial charge in [-0.05, 0) is 19.3 Å². The van der Waals surface area contributed by atoms with Crippen molar-refractivity contribution in [2.75, 3.05) is 0 Å². The van der Waals surface area contributed by atoms with E-state index in [4.69, 9.17) is 0 Å². The first-order chi connectivity index (χ1) is 8.06. The van der Waals surface area contributed by atoms with Crippen molar-refractivity contribution >= 4 is 8.07 Å². The zero-order valence-electron chi connectivity index (χ0n) is 12.3. The maximum Gasteiger partial charge on any atom is 0.0682 e. The van der Waals surface area contributed by atoms with Crippen molar-refractivity contribution in [1.29, 1.82) is 0 Å². The Hall–Kier alpha value is -0.483. The zero-order valence-corrected chi connectivity index (χ0v) is 13.3. The first-order valence-corrected chi connectivity index (χ1v) is 10.8. The Morgan fingerprint density at radius 1 is 0.882 bits per heavy atom. The largest absolute Gasteiger partial charge is 0.103 e. The third-order valence-electron chi connectivity index (χ3n) is 2.57. The van der Waals surface area contributed by atoms with Gasteiger partial charge in [0.25, 0.3) is 0 Å². The van der Waals surface area contributed by atoms with Crippen LogP contribution in [0.5, 0.6) is 0 Å². The number of allylic oxidation sites excluding steroid dienone is 1. The van der Waals surface area contributed by atoms with Crippen LogP contribution in [0, 0.1) is 11.8 Å². The van der Waals surface area contributed by atoms with Crippen LogP contribution in [0.25, 0.3) is 0 Å². The van der Waals surface area contributed by atoms with Crippen molar-refractivity contribution < 1.29 is 0 Å². The minimum Gasteiger partial charge on any atom is -0.103 e. The van der Waals surface area contributed by atoms with E-state index in [-0.39, 0.29) is 0 Å². The molecule has 0 rings (SSSR count). The Kier molecular flexibility index (Phi) is 10.4. The third kappa shape index (κ3) is 15.5. The highest BCUT2D eigenvalue weighted by Gasteiger charge is 2.05.